The Bertz CT molecular complexity index is 430. The summed E-state index contributed by atoms with van der Waals surface area (Å²) in [6.45, 7) is 4.33. The second-order valence-electron chi connectivity index (χ2n) is 5.27. The average Bonchev–Trinajstić information content (AvgIpc) is 2.35. The van der Waals surface area contributed by atoms with Gasteiger partial charge in [0, 0.05) is 5.57 Å². The third-order valence-corrected chi connectivity index (χ3v) is 3.55. The quantitative estimate of drug-likeness (QED) is 0.240. The standard InChI is InChI=1S/C12H22F2NO6P/c1-10(2)12(16)19-7-5-15(3,4)6-8-20-22(17,18)21-9-11(13)14/h11H,1,5-9H2,2-4H3. The first kappa shape index (κ1) is 21.1. The summed E-state index contributed by atoms with van der Waals surface area (Å²) in [4.78, 5) is 22.4. The van der Waals surface area contributed by atoms with E-state index in [-0.39, 0.29) is 25.3 Å². The first-order valence-electron chi connectivity index (χ1n) is 6.48. The van der Waals surface area contributed by atoms with E-state index < -0.39 is 26.8 Å². The van der Waals surface area contributed by atoms with Crippen LogP contribution in [-0.2, 0) is 23.1 Å². The molecule has 0 rings (SSSR count). The fourth-order valence-corrected chi connectivity index (χ4v) is 1.88. The first-order chi connectivity index (χ1) is 9.95. The Hall–Kier alpha value is -0.860. The molecule has 7 nitrogen and oxygen atoms in total. The highest BCUT2D eigenvalue weighted by molar-refractivity contribution is 7.45. The van der Waals surface area contributed by atoms with E-state index in [0.29, 0.717) is 11.0 Å². The van der Waals surface area contributed by atoms with Crippen molar-refractivity contribution in [2.24, 2.45) is 0 Å². The molecule has 0 fully saturated rings. The van der Waals surface area contributed by atoms with Crippen LogP contribution in [0.4, 0.5) is 8.78 Å². The summed E-state index contributed by atoms with van der Waals surface area (Å²) in [5.41, 5.74) is 0.289. The number of phosphoric acid groups is 1. The molecule has 22 heavy (non-hydrogen) atoms. The number of hydrogen-bond donors (Lipinski definition) is 0. The predicted molar refractivity (Wildman–Crippen MR) is 73.1 cm³/mol. The molecule has 0 amide bonds. The SMILES string of the molecule is C=C(C)C(=O)OCC[N+](C)(C)CCOP(=O)([O-])OCC(F)F. The van der Waals surface area contributed by atoms with Crippen molar-refractivity contribution >= 4 is 13.8 Å². The second-order valence-corrected chi connectivity index (χ2v) is 6.68. The topological polar surface area (TPSA) is 84.9 Å². The summed E-state index contributed by atoms with van der Waals surface area (Å²) in [5, 5.41) is 0. The number of carbonyl (C=O) groups excluding carboxylic acids is 1. The molecule has 0 aliphatic carbocycles. The van der Waals surface area contributed by atoms with Gasteiger partial charge in [0.2, 0.25) is 0 Å². The molecule has 0 aliphatic rings. The van der Waals surface area contributed by atoms with Gasteiger partial charge < -0.3 is 23.2 Å². The number of phosphoric ester groups is 1. The summed E-state index contributed by atoms with van der Waals surface area (Å²) < 4.78 is 48.6. The molecule has 0 saturated carbocycles. The van der Waals surface area contributed by atoms with E-state index in [0.717, 1.165) is 0 Å². The Kier molecular flexibility index (Phi) is 8.95. The highest BCUT2D eigenvalue weighted by Gasteiger charge is 2.19. The van der Waals surface area contributed by atoms with Gasteiger partial charge in [0.05, 0.1) is 14.1 Å². The zero-order chi connectivity index (χ0) is 17.4. The van der Waals surface area contributed by atoms with E-state index in [1.807, 2.05) is 0 Å². The summed E-state index contributed by atoms with van der Waals surface area (Å²) >= 11 is 0. The minimum absolute atomic E-state index is 0.135. The van der Waals surface area contributed by atoms with Crippen LogP contribution in [0.5, 0.6) is 0 Å². The number of likely N-dealkylation sites (N-methyl/N-ethyl adjacent to an activating group) is 1. The van der Waals surface area contributed by atoms with Crippen LogP contribution in [0, 0.1) is 0 Å². The summed E-state index contributed by atoms with van der Waals surface area (Å²) in [7, 11) is -1.18. The molecule has 0 radical (unpaired) electrons. The molecule has 1 atom stereocenters. The van der Waals surface area contributed by atoms with Gasteiger partial charge in [0.15, 0.2) is 0 Å². The van der Waals surface area contributed by atoms with Crippen molar-refractivity contribution in [2.45, 2.75) is 13.3 Å². The van der Waals surface area contributed by atoms with Gasteiger partial charge in [0.25, 0.3) is 14.2 Å². The van der Waals surface area contributed by atoms with Crippen molar-refractivity contribution in [3.05, 3.63) is 12.2 Å². The molecule has 0 saturated heterocycles. The van der Waals surface area contributed by atoms with E-state index in [9.17, 15) is 23.0 Å². The van der Waals surface area contributed by atoms with Crippen molar-refractivity contribution in [1.82, 2.24) is 0 Å². The zero-order valence-corrected chi connectivity index (χ0v) is 13.8. The zero-order valence-electron chi connectivity index (χ0n) is 12.9. The largest absolute Gasteiger partial charge is 0.756 e. The molecule has 0 aliphatic heterocycles. The fourth-order valence-electron chi connectivity index (χ4n) is 1.21. The third kappa shape index (κ3) is 10.8. The highest BCUT2D eigenvalue weighted by Crippen LogP contribution is 2.38. The fraction of sp³-hybridized carbons (Fsp3) is 0.750. The second kappa shape index (κ2) is 9.32. The molecule has 1 unspecified atom stereocenters. The first-order valence-corrected chi connectivity index (χ1v) is 7.94. The lowest BCUT2D eigenvalue weighted by molar-refractivity contribution is -0.890. The maximum Gasteiger partial charge on any atom is 0.333 e. The van der Waals surface area contributed by atoms with Crippen molar-refractivity contribution in [3.8, 4) is 0 Å². The monoisotopic (exact) mass is 345 g/mol. The Morgan fingerprint density at radius 3 is 2.32 bits per heavy atom. The van der Waals surface area contributed by atoms with E-state index in [2.05, 4.69) is 15.6 Å². The van der Waals surface area contributed by atoms with Crippen LogP contribution in [0.15, 0.2) is 12.2 Å². The number of halogens is 2. The van der Waals surface area contributed by atoms with Gasteiger partial charge in [0.1, 0.15) is 32.9 Å². The Balaban J connectivity index is 4.04. The summed E-state index contributed by atoms with van der Waals surface area (Å²) in [5.74, 6) is -0.499. The molecular weight excluding hydrogens is 323 g/mol. The molecule has 0 N–H and O–H groups in total. The molecule has 0 aromatic carbocycles. The number of carbonyl (C=O) groups is 1. The van der Waals surface area contributed by atoms with Gasteiger partial charge in [-0.15, -0.1) is 0 Å². The Morgan fingerprint density at radius 2 is 1.82 bits per heavy atom. The van der Waals surface area contributed by atoms with E-state index >= 15 is 0 Å². The molecule has 0 heterocycles. The lowest BCUT2D eigenvalue weighted by Crippen LogP contribution is -2.45. The number of nitrogens with zero attached hydrogens (tertiary/aromatic N) is 1. The number of rotatable bonds is 11. The van der Waals surface area contributed by atoms with Gasteiger partial charge in [-0.25, -0.2) is 13.6 Å². The Labute approximate surface area is 128 Å². The number of quaternary nitrogens is 1. The molecular formula is C12H22F2NO6P. The van der Waals surface area contributed by atoms with Crippen LogP contribution < -0.4 is 4.89 Å². The smallest absolute Gasteiger partial charge is 0.333 e. The van der Waals surface area contributed by atoms with Gasteiger partial charge in [-0.05, 0) is 6.92 Å². The lowest BCUT2D eigenvalue weighted by Gasteiger charge is -2.30. The number of alkyl halides is 2. The van der Waals surface area contributed by atoms with E-state index in [1.54, 1.807) is 14.1 Å². The molecule has 0 aromatic heterocycles. The Morgan fingerprint density at radius 1 is 1.27 bits per heavy atom. The van der Waals surface area contributed by atoms with Crippen LogP contribution in [0.25, 0.3) is 0 Å². The molecule has 0 bridgehead atoms. The van der Waals surface area contributed by atoms with Crippen LogP contribution in [0.1, 0.15) is 6.92 Å². The minimum atomic E-state index is -4.72. The van der Waals surface area contributed by atoms with Crippen molar-refractivity contribution in [1.29, 1.82) is 0 Å². The maximum atomic E-state index is 11.8. The number of hydrogen-bond acceptors (Lipinski definition) is 6. The predicted octanol–water partition coefficient (Wildman–Crippen LogP) is 0.949. The van der Waals surface area contributed by atoms with Crippen LogP contribution in [0.2, 0.25) is 0 Å². The van der Waals surface area contributed by atoms with Crippen LogP contribution in [0.3, 0.4) is 0 Å². The average molecular weight is 345 g/mol. The summed E-state index contributed by atoms with van der Waals surface area (Å²) in [6, 6.07) is 0. The molecule has 10 heteroatoms. The maximum absolute atomic E-state index is 11.8. The highest BCUT2D eigenvalue weighted by atomic mass is 31.2. The van der Waals surface area contributed by atoms with E-state index in [1.165, 1.54) is 6.92 Å². The van der Waals surface area contributed by atoms with Gasteiger partial charge in [-0.2, -0.15) is 0 Å². The van der Waals surface area contributed by atoms with Crippen molar-refractivity contribution in [3.63, 3.8) is 0 Å². The van der Waals surface area contributed by atoms with Crippen LogP contribution in [-0.4, -0.2) is 63.9 Å². The molecule has 130 valence electrons. The number of ether oxygens (including phenoxy) is 1. The third-order valence-electron chi connectivity index (χ3n) is 2.58. The van der Waals surface area contributed by atoms with E-state index in [4.69, 9.17) is 4.74 Å². The van der Waals surface area contributed by atoms with Gasteiger partial charge >= 0.3 is 5.97 Å². The number of esters is 1. The summed E-state index contributed by atoms with van der Waals surface area (Å²) in [6.07, 6.45) is -2.89. The van der Waals surface area contributed by atoms with Crippen LogP contribution >= 0.6 is 7.82 Å². The lowest BCUT2D eigenvalue weighted by atomic mass is 10.4. The minimum Gasteiger partial charge on any atom is -0.756 e. The molecule has 0 aromatic rings. The normalized spacial score (nSPS) is 14.7. The van der Waals surface area contributed by atoms with Crippen molar-refractivity contribution in [2.75, 3.05) is 47.0 Å². The van der Waals surface area contributed by atoms with Crippen molar-refractivity contribution < 1.29 is 41.3 Å². The van der Waals surface area contributed by atoms with Gasteiger partial charge in [-0.1, -0.05) is 6.58 Å². The van der Waals surface area contributed by atoms with Gasteiger partial charge in [-0.3, -0.25) is 4.57 Å². The molecule has 0 spiro atoms.